The van der Waals surface area contributed by atoms with E-state index in [1.165, 1.54) is 25.3 Å². The number of Topliss-reactive ketones (excluding diaryl/α,β-unsaturated/α-hetero) is 1. The lowest BCUT2D eigenvalue weighted by molar-refractivity contribution is -0.328. The minimum absolute atomic E-state index is 0.0322. The van der Waals surface area contributed by atoms with Gasteiger partial charge in [0, 0.05) is 18.9 Å². The molecule has 0 aliphatic heterocycles. The maximum absolute atomic E-state index is 13.0. The molecule has 2 atom stereocenters. The van der Waals surface area contributed by atoms with E-state index in [2.05, 4.69) is 26.8 Å². The molecule has 2 aliphatic rings. The highest BCUT2D eigenvalue weighted by Gasteiger charge is 2.51. The van der Waals surface area contributed by atoms with Gasteiger partial charge in [-0.3, -0.25) is 9.68 Å². The van der Waals surface area contributed by atoms with Crippen molar-refractivity contribution in [2.45, 2.75) is 78.2 Å². The predicted octanol–water partition coefficient (Wildman–Crippen LogP) is 5.09. The lowest BCUT2D eigenvalue weighted by atomic mass is 9.50. The Hall–Kier alpha value is -1.68. The van der Waals surface area contributed by atoms with Crippen LogP contribution in [0.4, 0.5) is 0 Å². The molecule has 1 aromatic rings. The minimum atomic E-state index is -0.815. The molecule has 0 saturated heterocycles. The fraction of sp³-hybridized carbons (Fsp3) is 0.636. The van der Waals surface area contributed by atoms with E-state index in [-0.39, 0.29) is 16.6 Å². The molecule has 0 unspecified atom stereocenters. The van der Waals surface area contributed by atoms with Crippen LogP contribution in [-0.4, -0.2) is 11.8 Å². The first-order valence-corrected chi connectivity index (χ1v) is 9.52. The second kappa shape index (κ2) is 6.19. The Morgan fingerprint density at radius 1 is 1.19 bits per heavy atom. The van der Waals surface area contributed by atoms with Crippen molar-refractivity contribution in [3.8, 4) is 0 Å². The molecule has 142 valence electrons. The van der Waals surface area contributed by atoms with Gasteiger partial charge in [0.1, 0.15) is 5.60 Å². The summed E-state index contributed by atoms with van der Waals surface area (Å²) < 4.78 is 0. The molecule has 26 heavy (non-hydrogen) atoms. The van der Waals surface area contributed by atoms with E-state index < -0.39 is 11.6 Å². The van der Waals surface area contributed by atoms with E-state index in [1.807, 2.05) is 26.0 Å². The molecule has 1 aromatic carbocycles. The molecule has 4 nitrogen and oxygen atoms in total. The van der Waals surface area contributed by atoms with Gasteiger partial charge in [0.15, 0.2) is 5.78 Å². The lowest BCUT2D eigenvalue weighted by Gasteiger charge is -2.54. The van der Waals surface area contributed by atoms with E-state index in [1.54, 1.807) is 0 Å². The van der Waals surface area contributed by atoms with Crippen LogP contribution in [0.2, 0.25) is 0 Å². The Labute approximate surface area is 156 Å². The molecule has 0 amide bonds. The highest BCUT2D eigenvalue weighted by atomic mass is 17.2. The van der Waals surface area contributed by atoms with Crippen molar-refractivity contribution in [1.82, 2.24) is 0 Å². The van der Waals surface area contributed by atoms with Crippen molar-refractivity contribution in [1.29, 1.82) is 0 Å². The number of hydrogen-bond donors (Lipinski definition) is 0. The SMILES string of the molecule is CC(=O)OOC(C)(C)c1ccc2c(c1)C(=O)C[C@H]1C(C)(C)CCC[C@]21C. The van der Waals surface area contributed by atoms with Crippen LogP contribution >= 0.6 is 0 Å². The highest BCUT2D eigenvalue weighted by Crippen LogP contribution is 2.57. The molecular weight excluding hydrogens is 328 g/mol. The van der Waals surface area contributed by atoms with Crippen molar-refractivity contribution < 1.29 is 19.4 Å². The van der Waals surface area contributed by atoms with E-state index in [9.17, 15) is 9.59 Å². The van der Waals surface area contributed by atoms with Gasteiger partial charge in [0.25, 0.3) is 0 Å². The molecule has 0 aromatic heterocycles. The molecule has 3 rings (SSSR count). The summed E-state index contributed by atoms with van der Waals surface area (Å²) in [4.78, 5) is 34.1. The highest BCUT2D eigenvalue weighted by molar-refractivity contribution is 5.99. The van der Waals surface area contributed by atoms with Crippen LogP contribution in [0.15, 0.2) is 18.2 Å². The van der Waals surface area contributed by atoms with Crippen LogP contribution < -0.4 is 0 Å². The largest absolute Gasteiger partial charge is 0.339 e. The predicted molar refractivity (Wildman–Crippen MR) is 99.7 cm³/mol. The Morgan fingerprint density at radius 2 is 1.88 bits per heavy atom. The number of hydrogen-bond acceptors (Lipinski definition) is 4. The second-order valence-electron chi connectivity index (χ2n) is 9.37. The summed E-state index contributed by atoms with van der Waals surface area (Å²) >= 11 is 0. The zero-order valence-electron chi connectivity index (χ0n) is 16.8. The number of benzene rings is 1. The zero-order valence-corrected chi connectivity index (χ0v) is 16.8. The Morgan fingerprint density at radius 3 is 2.54 bits per heavy atom. The third-order valence-corrected chi connectivity index (χ3v) is 6.62. The van der Waals surface area contributed by atoms with Gasteiger partial charge in [-0.25, -0.2) is 4.79 Å². The van der Waals surface area contributed by atoms with Crippen LogP contribution in [0.25, 0.3) is 0 Å². The summed E-state index contributed by atoms with van der Waals surface area (Å²) in [5.41, 5.74) is 2.20. The van der Waals surface area contributed by atoms with Crippen molar-refractivity contribution in [2.24, 2.45) is 11.3 Å². The van der Waals surface area contributed by atoms with Crippen molar-refractivity contribution in [3.05, 3.63) is 34.9 Å². The summed E-state index contributed by atoms with van der Waals surface area (Å²) in [7, 11) is 0. The van der Waals surface area contributed by atoms with Crippen molar-refractivity contribution in [3.63, 3.8) is 0 Å². The number of fused-ring (bicyclic) bond motifs is 3. The zero-order chi connectivity index (χ0) is 19.3. The molecule has 0 bridgehead atoms. The number of carbonyl (C=O) groups is 2. The Kier molecular flexibility index (Phi) is 4.55. The monoisotopic (exact) mass is 358 g/mol. The smallest absolute Gasteiger partial charge is 0.298 e. The summed E-state index contributed by atoms with van der Waals surface area (Å²) in [6, 6.07) is 6.03. The Bertz CT molecular complexity index is 747. The van der Waals surface area contributed by atoms with Gasteiger partial charge in [-0.1, -0.05) is 39.3 Å². The molecule has 0 radical (unpaired) electrons. The third-order valence-electron chi connectivity index (χ3n) is 6.62. The van der Waals surface area contributed by atoms with E-state index in [4.69, 9.17) is 9.78 Å². The topological polar surface area (TPSA) is 52.6 Å². The van der Waals surface area contributed by atoms with Gasteiger partial charge < -0.3 is 0 Å². The lowest BCUT2D eigenvalue weighted by Crippen LogP contribution is -2.49. The van der Waals surface area contributed by atoms with Gasteiger partial charge in [-0.05, 0) is 60.6 Å². The Balaban J connectivity index is 2.02. The van der Waals surface area contributed by atoms with Crippen LogP contribution in [0.1, 0.15) is 88.7 Å². The van der Waals surface area contributed by atoms with Crippen LogP contribution in [0, 0.1) is 11.3 Å². The van der Waals surface area contributed by atoms with Gasteiger partial charge >= 0.3 is 5.97 Å². The minimum Gasteiger partial charge on any atom is -0.298 e. The average Bonchev–Trinajstić information content (AvgIpc) is 2.55. The molecule has 4 heteroatoms. The standard InChI is InChI=1S/C22H30O4/c1-14(23)25-26-21(4,5)15-8-9-17-16(12-15)18(24)13-19-20(2,3)10-7-11-22(17,19)6/h8-9,12,19H,7,10-11,13H2,1-6H3/t19-,22+/m0/s1. The van der Waals surface area contributed by atoms with Gasteiger partial charge in [-0.15, -0.1) is 0 Å². The second-order valence-corrected chi connectivity index (χ2v) is 9.37. The van der Waals surface area contributed by atoms with E-state index in [0.29, 0.717) is 12.3 Å². The number of rotatable bonds is 3. The molecule has 0 N–H and O–H groups in total. The van der Waals surface area contributed by atoms with Crippen molar-refractivity contribution >= 4 is 11.8 Å². The van der Waals surface area contributed by atoms with Gasteiger partial charge in [0.05, 0.1) is 0 Å². The maximum atomic E-state index is 13.0. The molecule has 0 heterocycles. The first-order chi connectivity index (χ1) is 12.0. The molecule has 1 saturated carbocycles. The molecular formula is C22H30O4. The van der Waals surface area contributed by atoms with E-state index in [0.717, 1.165) is 17.5 Å². The summed E-state index contributed by atoms with van der Waals surface area (Å²) in [6.45, 7) is 11.9. The molecule has 0 spiro atoms. The quantitative estimate of drug-likeness (QED) is 0.558. The number of carbonyl (C=O) groups excluding carboxylic acids is 2. The van der Waals surface area contributed by atoms with Crippen LogP contribution in [0.3, 0.4) is 0 Å². The average molecular weight is 358 g/mol. The normalized spacial score (nSPS) is 27.5. The van der Waals surface area contributed by atoms with E-state index >= 15 is 0 Å². The van der Waals surface area contributed by atoms with Crippen LogP contribution in [-0.2, 0) is 25.6 Å². The third kappa shape index (κ3) is 3.09. The summed E-state index contributed by atoms with van der Waals surface area (Å²) in [5.74, 6) is 0.0920. The molecule has 1 fully saturated rings. The molecule has 2 aliphatic carbocycles. The summed E-state index contributed by atoms with van der Waals surface area (Å²) in [5, 5.41) is 0. The summed E-state index contributed by atoms with van der Waals surface area (Å²) in [6.07, 6.45) is 4.09. The van der Waals surface area contributed by atoms with Gasteiger partial charge in [-0.2, -0.15) is 4.89 Å². The first-order valence-electron chi connectivity index (χ1n) is 9.52. The van der Waals surface area contributed by atoms with Gasteiger partial charge in [0.2, 0.25) is 0 Å². The maximum Gasteiger partial charge on any atom is 0.339 e. The van der Waals surface area contributed by atoms with Crippen molar-refractivity contribution in [2.75, 3.05) is 0 Å². The first kappa shape index (κ1) is 19.1. The fourth-order valence-corrected chi connectivity index (χ4v) is 5.10. The number of ketones is 1. The fourth-order valence-electron chi connectivity index (χ4n) is 5.10. The van der Waals surface area contributed by atoms with Crippen LogP contribution in [0.5, 0.6) is 0 Å².